The number of rotatable bonds is 14. The van der Waals surface area contributed by atoms with Gasteiger partial charge < -0.3 is 25.6 Å². The Labute approximate surface area is 300 Å². The van der Waals surface area contributed by atoms with Gasteiger partial charge in [0.1, 0.15) is 0 Å². The van der Waals surface area contributed by atoms with Gasteiger partial charge in [-0.1, -0.05) is 86.8 Å². The van der Waals surface area contributed by atoms with Gasteiger partial charge in [0.25, 0.3) is 5.91 Å². The molecule has 52 heavy (non-hydrogen) atoms. The van der Waals surface area contributed by atoms with E-state index in [9.17, 15) is 24.6 Å². The highest BCUT2D eigenvalue weighted by Gasteiger charge is 2.20. The van der Waals surface area contributed by atoms with Gasteiger partial charge in [-0.2, -0.15) is 4.80 Å². The van der Waals surface area contributed by atoms with E-state index in [1.54, 1.807) is 72.8 Å². The number of nitrogens with zero attached hydrogens (tertiary/aromatic N) is 4. The molecular formula is C40H38N6O6. The lowest BCUT2D eigenvalue weighted by atomic mass is 9.98. The van der Waals surface area contributed by atoms with E-state index in [0.717, 1.165) is 36.8 Å². The second-order valence-corrected chi connectivity index (χ2v) is 12.2. The number of carboxylic acid groups (broad SMARTS) is 1. The number of fused-ring (bicyclic) bond motifs is 1. The summed E-state index contributed by atoms with van der Waals surface area (Å²) in [5.41, 5.74) is 4.53. The largest absolute Gasteiger partial charge is 0.478 e. The zero-order valence-corrected chi connectivity index (χ0v) is 28.7. The Morgan fingerprint density at radius 3 is 2.15 bits per heavy atom. The topological polar surface area (TPSA) is 169 Å². The summed E-state index contributed by atoms with van der Waals surface area (Å²) in [6.45, 7) is 2.77. The molecule has 1 heterocycles. The van der Waals surface area contributed by atoms with Crippen molar-refractivity contribution in [3.05, 3.63) is 125 Å². The molecule has 1 amide bonds. The third-order valence-electron chi connectivity index (χ3n) is 8.72. The van der Waals surface area contributed by atoms with Crippen molar-refractivity contribution >= 4 is 40.0 Å². The van der Waals surface area contributed by atoms with E-state index in [0.29, 0.717) is 39.8 Å². The number of tetrazole rings is 1. The molecule has 1 aromatic heterocycles. The molecule has 1 unspecified atom stereocenters. The van der Waals surface area contributed by atoms with Crippen molar-refractivity contribution in [1.82, 2.24) is 20.2 Å². The maximum Gasteiger partial charge on any atom is 0.338 e. The molecule has 0 saturated heterocycles. The number of nitrogens with one attached hydrogen (secondary N) is 2. The molecule has 0 saturated carbocycles. The summed E-state index contributed by atoms with van der Waals surface area (Å²) in [5, 5.41) is 40.6. The summed E-state index contributed by atoms with van der Waals surface area (Å²) in [7, 11) is 1.31. The van der Waals surface area contributed by atoms with Gasteiger partial charge >= 0.3 is 11.9 Å². The van der Waals surface area contributed by atoms with Crippen molar-refractivity contribution in [1.29, 1.82) is 0 Å². The Hall–Kier alpha value is -6.40. The van der Waals surface area contributed by atoms with Crippen LogP contribution in [0.3, 0.4) is 0 Å². The monoisotopic (exact) mass is 698 g/mol. The van der Waals surface area contributed by atoms with Crippen LogP contribution in [0.4, 0.5) is 11.4 Å². The highest BCUT2D eigenvalue weighted by atomic mass is 16.5. The number of unbranched alkanes of at least 4 members (excludes halogenated alkanes) is 3. The summed E-state index contributed by atoms with van der Waals surface area (Å²) in [6, 6.07) is 29.6. The number of anilines is 2. The third kappa shape index (κ3) is 7.98. The van der Waals surface area contributed by atoms with Crippen LogP contribution in [-0.2, 0) is 11.3 Å². The lowest BCUT2D eigenvalue weighted by Crippen LogP contribution is -2.13. The van der Waals surface area contributed by atoms with Gasteiger partial charge in [-0.25, -0.2) is 9.59 Å². The van der Waals surface area contributed by atoms with E-state index < -0.39 is 24.1 Å². The molecule has 0 aliphatic carbocycles. The number of aliphatic hydroxyl groups is 1. The molecule has 0 fully saturated rings. The molecule has 5 aromatic carbocycles. The van der Waals surface area contributed by atoms with Crippen LogP contribution in [0.2, 0.25) is 0 Å². The number of benzene rings is 5. The molecule has 0 aliphatic heterocycles. The third-order valence-corrected chi connectivity index (χ3v) is 8.72. The summed E-state index contributed by atoms with van der Waals surface area (Å²) in [6.07, 6.45) is 3.18. The van der Waals surface area contributed by atoms with Crippen molar-refractivity contribution in [3.63, 3.8) is 0 Å². The van der Waals surface area contributed by atoms with Gasteiger partial charge in [0.15, 0.2) is 6.23 Å². The highest BCUT2D eigenvalue weighted by molar-refractivity contribution is 6.17. The van der Waals surface area contributed by atoms with Gasteiger partial charge in [0.05, 0.1) is 24.8 Å². The van der Waals surface area contributed by atoms with Crippen LogP contribution in [0.25, 0.3) is 33.3 Å². The molecule has 0 spiro atoms. The summed E-state index contributed by atoms with van der Waals surface area (Å²) < 4.78 is 4.97. The standard InChI is InChI=1S/C40H38N6O6/c1-3-4-5-6-23-46-44-36(43-45-46)34-24-30(21-22-31(34)40(51)52-2)42-37(47)28-15-13-25(14-16-28)26-17-19-29(20-18-26)41-38(48)32-11-7-9-27-10-8-12-33(35(27)32)39(49)50/h7-22,24,37,42,47H,3-6,23H2,1-2H3,(H,41,48)(H,49,50). The predicted octanol–water partition coefficient (Wildman–Crippen LogP) is 7.58. The Morgan fingerprint density at radius 2 is 1.48 bits per heavy atom. The Balaban J connectivity index is 1.13. The lowest BCUT2D eigenvalue weighted by molar-refractivity contribution is 0.0600. The number of carbonyl (C=O) groups excluding carboxylic acids is 2. The van der Waals surface area contributed by atoms with E-state index in [2.05, 4.69) is 33.0 Å². The average Bonchev–Trinajstić information content (AvgIpc) is 3.65. The van der Waals surface area contributed by atoms with Crippen molar-refractivity contribution in [2.45, 2.75) is 45.4 Å². The van der Waals surface area contributed by atoms with Crippen LogP contribution in [0, 0.1) is 0 Å². The molecule has 12 heteroatoms. The number of ether oxygens (including phenoxy) is 1. The number of methoxy groups -OCH3 is 1. The molecule has 0 aliphatic rings. The number of amides is 1. The molecule has 6 rings (SSSR count). The summed E-state index contributed by atoms with van der Waals surface area (Å²) in [4.78, 5) is 39.1. The van der Waals surface area contributed by atoms with Crippen LogP contribution in [-0.4, -0.2) is 55.4 Å². The van der Waals surface area contributed by atoms with Crippen LogP contribution in [0.15, 0.2) is 103 Å². The van der Waals surface area contributed by atoms with E-state index in [1.165, 1.54) is 18.0 Å². The summed E-state index contributed by atoms with van der Waals surface area (Å²) in [5.74, 6) is -1.77. The van der Waals surface area contributed by atoms with Gasteiger partial charge in [-0.15, -0.1) is 10.2 Å². The van der Waals surface area contributed by atoms with Gasteiger partial charge in [0.2, 0.25) is 5.82 Å². The number of hydrogen-bond donors (Lipinski definition) is 4. The fourth-order valence-electron chi connectivity index (χ4n) is 5.98. The van der Waals surface area contributed by atoms with E-state index >= 15 is 0 Å². The fraction of sp³-hybridized carbons (Fsp3) is 0.200. The van der Waals surface area contributed by atoms with Crippen LogP contribution in [0.5, 0.6) is 0 Å². The second kappa shape index (κ2) is 16.1. The highest BCUT2D eigenvalue weighted by Crippen LogP contribution is 2.29. The van der Waals surface area contributed by atoms with E-state index in [4.69, 9.17) is 4.74 Å². The van der Waals surface area contributed by atoms with Crippen molar-refractivity contribution in [2.75, 3.05) is 17.7 Å². The number of carboxylic acids is 1. The first-order chi connectivity index (χ1) is 25.2. The SMILES string of the molecule is CCCCCCn1nnc(-c2cc(NC(O)c3ccc(-c4ccc(NC(=O)c5cccc6cccc(C(=O)O)c56)cc4)cc3)ccc2C(=O)OC)n1. The van der Waals surface area contributed by atoms with Crippen LogP contribution < -0.4 is 10.6 Å². The number of esters is 1. The molecule has 264 valence electrons. The smallest absolute Gasteiger partial charge is 0.338 e. The van der Waals surface area contributed by atoms with E-state index in [-0.39, 0.29) is 22.5 Å². The molecule has 6 aromatic rings. The Morgan fingerprint density at radius 1 is 0.808 bits per heavy atom. The minimum Gasteiger partial charge on any atom is -0.478 e. The summed E-state index contributed by atoms with van der Waals surface area (Å²) >= 11 is 0. The van der Waals surface area contributed by atoms with Crippen molar-refractivity contribution in [2.24, 2.45) is 0 Å². The quantitative estimate of drug-likeness (QED) is 0.0505. The van der Waals surface area contributed by atoms with Crippen molar-refractivity contribution < 1.29 is 29.3 Å². The zero-order valence-electron chi connectivity index (χ0n) is 28.7. The lowest BCUT2D eigenvalue weighted by Gasteiger charge is -2.16. The molecule has 0 radical (unpaired) electrons. The first-order valence-electron chi connectivity index (χ1n) is 17.0. The van der Waals surface area contributed by atoms with Crippen molar-refractivity contribution in [3.8, 4) is 22.5 Å². The normalized spacial score (nSPS) is 11.6. The first kappa shape index (κ1) is 35.4. The number of carbonyl (C=O) groups is 3. The first-order valence-corrected chi connectivity index (χ1v) is 17.0. The van der Waals surface area contributed by atoms with Gasteiger partial charge in [0, 0.05) is 33.5 Å². The molecule has 4 N–H and O–H groups in total. The number of aryl methyl sites for hydroxylation is 1. The fourth-order valence-corrected chi connectivity index (χ4v) is 5.98. The molecule has 0 bridgehead atoms. The Kier molecular flexibility index (Phi) is 11.0. The van der Waals surface area contributed by atoms with Gasteiger partial charge in [-0.05, 0) is 70.6 Å². The molecule has 1 atom stereocenters. The second-order valence-electron chi connectivity index (χ2n) is 12.2. The zero-order chi connectivity index (χ0) is 36.6. The van der Waals surface area contributed by atoms with Crippen LogP contribution >= 0.6 is 0 Å². The minimum absolute atomic E-state index is 0.0646. The maximum absolute atomic E-state index is 13.2. The number of aromatic carboxylic acids is 1. The number of aromatic nitrogens is 4. The average molecular weight is 699 g/mol. The molecule has 12 nitrogen and oxygen atoms in total. The van der Waals surface area contributed by atoms with E-state index in [1.807, 2.05) is 24.3 Å². The number of aliphatic hydroxyl groups excluding tert-OH is 1. The molecular weight excluding hydrogens is 660 g/mol. The Bertz CT molecular complexity index is 2210. The predicted molar refractivity (Wildman–Crippen MR) is 198 cm³/mol. The maximum atomic E-state index is 13.2. The number of hydrogen-bond acceptors (Lipinski definition) is 9. The van der Waals surface area contributed by atoms with Gasteiger partial charge in [-0.3, -0.25) is 4.79 Å². The van der Waals surface area contributed by atoms with Crippen LogP contribution in [0.1, 0.15) is 75.5 Å². The minimum atomic E-state index is -1.10.